The minimum atomic E-state index is 0.867. The summed E-state index contributed by atoms with van der Waals surface area (Å²) in [5, 5.41) is 0. The van der Waals surface area contributed by atoms with Crippen LogP contribution in [0.25, 0.3) is 0 Å². The summed E-state index contributed by atoms with van der Waals surface area (Å²) in [7, 11) is 0. The third kappa shape index (κ3) is 1.93. The van der Waals surface area contributed by atoms with Crippen LogP contribution in [0, 0.1) is 0 Å². The van der Waals surface area contributed by atoms with Crippen molar-refractivity contribution in [2.75, 3.05) is 0 Å². The topological polar surface area (TPSA) is 36.4 Å². The van der Waals surface area contributed by atoms with Crippen LogP contribution in [-0.4, -0.2) is 6.21 Å². The predicted molar refractivity (Wildman–Crippen MR) is 42.3 cm³/mol. The molecule has 0 spiro atoms. The van der Waals surface area contributed by atoms with E-state index in [2.05, 4.69) is 22.4 Å². The first-order valence-corrected chi connectivity index (χ1v) is 3.28. The number of allylic oxidation sites excluding steroid dienone is 1. The van der Waals surface area contributed by atoms with Gasteiger partial charge in [-0.3, -0.25) is 5.43 Å². The smallest absolute Gasteiger partial charge is 0.139 e. The fraction of sp³-hybridized carbons (Fsp3) is 0.286. The highest BCUT2D eigenvalue weighted by atomic mass is 15.4. The van der Waals surface area contributed by atoms with E-state index in [1.54, 1.807) is 6.20 Å². The molecule has 0 fully saturated rings. The Morgan fingerprint density at radius 1 is 1.60 bits per heavy atom. The average Bonchev–Trinajstić information content (AvgIpc) is 2.03. The monoisotopic (exact) mass is 137 g/mol. The van der Waals surface area contributed by atoms with Crippen LogP contribution < -0.4 is 10.9 Å². The zero-order valence-electron chi connectivity index (χ0n) is 5.80. The summed E-state index contributed by atoms with van der Waals surface area (Å²) in [6.07, 6.45) is 7.61. The van der Waals surface area contributed by atoms with E-state index in [4.69, 9.17) is 0 Å². The van der Waals surface area contributed by atoms with Gasteiger partial charge >= 0.3 is 0 Å². The number of hydrogen-bond donors (Lipinski definition) is 2. The number of hydrogen-bond acceptors (Lipinski definition) is 3. The molecule has 0 saturated carbocycles. The molecule has 0 unspecified atom stereocenters. The largest absolute Gasteiger partial charge is 0.308 e. The predicted octanol–water partition coefficient (Wildman–Crippen LogP) is 0.930. The number of nitrogens with zero attached hydrogens (tertiary/aromatic N) is 1. The second-order valence-corrected chi connectivity index (χ2v) is 1.95. The number of aliphatic imine (C=N–C) groups is 1. The van der Waals surface area contributed by atoms with Crippen molar-refractivity contribution in [2.45, 2.75) is 12.8 Å². The van der Waals surface area contributed by atoms with Crippen molar-refractivity contribution in [3.8, 4) is 0 Å². The zero-order valence-corrected chi connectivity index (χ0v) is 5.80. The number of rotatable bonds is 3. The Morgan fingerprint density at radius 2 is 2.50 bits per heavy atom. The van der Waals surface area contributed by atoms with Gasteiger partial charge in [-0.05, 0) is 18.9 Å². The van der Waals surface area contributed by atoms with E-state index in [-0.39, 0.29) is 0 Å². The third-order valence-electron chi connectivity index (χ3n) is 1.17. The molecule has 3 heteroatoms. The molecule has 0 aliphatic carbocycles. The van der Waals surface area contributed by atoms with Gasteiger partial charge in [0.2, 0.25) is 0 Å². The summed E-state index contributed by atoms with van der Waals surface area (Å²) in [4.78, 5) is 4.08. The molecule has 0 atom stereocenters. The first kappa shape index (κ1) is 6.86. The lowest BCUT2D eigenvalue weighted by atomic mass is 10.3. The Balaban J connectivity index is 2.32. The van der Waals surface area contributed by atoms with Gasteiger partial charge in [0.05, 0.1) is 0 Å². The summed E-state index contributed by atoms with van der Waals surface area (Å²) in [5.41, 5.74) is 5.62. The molecule has 0 amide bonds. The zero-order chi connectivity index (χ0) is 7.23. The van der Waals surface area contributed by atoms with Crippen molar-refractivity contribution in [3.05, 3.63) is 24.7 Å². The maximum atomic E-state index is 4.08. The molecular weight excluding hydrogens is 126 g/mol. The van der Waals surface area contributed by atoms with Crippen LogP contribution in [0.1, 0.15) is 12.8 Å². The second kappa shape index (κ2) is 3.71. The molecular formula is C7H11N3. The molecule has 2 N–H and O–H groups in total. The van der Waals surface area contributed by atoms with Crippen LogP contribution in [-0.2, 0) is 0 Å². The molecule has 0 bridgehead atoms. The van der Waals surface area contributed by atoms with Crippen molar-refractivity contribution in [1.82, 2.24) is 10.9 Å². The van der Waals surface area contributed by atoms with Crippen molar-refractivity contribution in [1.29, 1.82) is 0 Å². The normalized spacial score (nSPS) is 15.8. The Hall–Kier alpha value is -1.25. The Kier molecular flexibility index (Phi) is 2.55. The molecule has 0 radical (unpaired) electrons. The van der Waals surface area contributed by atoms with Gasteiger partial charge in [0.25, 0.3) is 0 Å². The highest BCUT2D eigenvalue weighted by molar-refractivity contribution is 5.60. The summed E-state index contributed by atoms with van der Waals surface area (Å²) in [6, 6.07) is 0. The molecule has 0 aromatic heterocycles. The van der Waals surface area contributed by atoms with E-state index < -0.39 is 0 Å². The molecule has 3 nitrogen and oxygen atoms in total. The van der Waals surface area contributed by atoms with E-state index in [9.17, 15) is 0 Å². The van der Waals surface area contributed by atoms with Gasteiger partial charge in [0, 0.05) is 12.4 Å². The van der Waals surface area contributed by atoms with Crippen molar-refractivity contribution in [3.63, 3.8) is 0 Å². The Bertz CT molecular complexity index is 170. The van der Waals surface area contributed by atoms with Gasteiger partial charge in [-0.25, -0.2) is 4.99 Å². The van der Waals surface area contributed by atoms with Gasteiger partial charge in [0.15, 0.2) is 0 Å². The van der Waals surface area contributed by atoms with Crippen molar-refractivity contribution >= 4 is 6.21 Å². The molecule has 0 aromatic carbocycles. The molecule has 1 rings (SSSR count). The molecule has 54 valence electrons. The second-order valence-electron chi connectivity index (χ2n) is 1.95. The van der Waals surface area contributed by atoms with Gasteiger partial charge in [-0.2, -0.15) is 0 Å². The Labute approximate surface area is 60.5 Å². The molecule has 10 heavy (non-hydrogen) atoms. The lowest BCUT2D eigenvalue weighted by Gasteiger charge is -2.07. The molecule has 1 heterocycles. The first-order valence-electron chi connectivity index (χ1n) is 3.28. The highest BCUT2D eigenvalue weighted by Crippen LogP contribution is 2.01. The minimum absolute atomic E-state index is 0.867. The van der Waals surface area contributed by atoms with Crippen LogP contribution in [0.4, 0.5) is 0 Å². The van der Waals surface area contributed by atoms with Crippen LogP contribution in [0.3, 0.4) is 0 Å². The van der Waals surface area contributed by atoms with E-state index in [0.717, 1.165) is 18.7 Å². The molecule has 1 aliphatic heterocycles. The fourth-order valence-electron chi connectivity index (χ4n) is 0.718. The molecule has 0 saturated heterocycles. The summed E-state index contributed by atoms with van der Waals surface area (Å²) < 4.78 is 0. The number of nitrogens with one attached hydrogen (secondary N) is 2. The van der Waals surface area contributed by atoms with Crippen LogP contribution in [0.15, 0.2) is 29.7 Å². The lowest BCUT2D eigenvalue weighted by molar-refractivity contribution is 0.712. The highest BCUT2D eigenvalue weighted by Gasteiger charge is 1.93. The minimum Gasteiger partial charge on any atom is -0.308 e. The Morgan fingerprint density at radius 3 is 3.10 bits per heavy atom. The average molecular weight is 137 g/mol. The maximum absolute atomic E-state index is 4.08. The quantitative estimate of drug-likeness (QED) is 0.568. The van der Waals surface area contributed by atoms with Gasteiger partial charge in [-0.15, -0.1) is 0 Å². The fourth-order valence-corrected chi connectivity index (χ4v) is 0.718. The summed E-state index contributed by atoms with van der Waals surface area (Å²) in [6.45, 7) is 3.49. The number of hydrazine groups is 1. The van der Waals surface area contributed by atoms with Crippen molar-refractivity contribution < 1.29 is 0 Å². The molecule has 0 aromatic rings. The summed E-state index contributed by atoms with van der Waals surface area (Å²) >= 11 is 0. The van der Waals surface area contributed by atoms with E-state index in [1.165, 1.54) is 0 Å². The standard InChI is InChI=1S/C7H11N3/c1-2-9-10-7-5-3-4-6-8-7/h2,5-6,9-10H,1,3-4H2. The lowest BCUT2D eigenvalue weighted by Crippen LogP contribution is -2.25. The van der Waals surface area contributed by atoms with Crippen molar-refractivity contribution in [2.24, 2.45) is 4.99 Å². The van der Waals surface area contributed by atoms with Crippen LogP contribution >= 0.6 is 0 Å². The van der Waals surface area contributed by atoms with Gasteiger partial charge in [0.1, 0.15) is 5.82 Å². The van der Waals surface area contributed by atoms with Crippen LogP contribution in [0.5, 0.6) is 0 Å². The van der Waals surface area contributed by atoms with Crippen LogP contribution in [0.2, 0.25) is 0 Å². The third-order valence-corrected chi connectivity index (χ3v) is 1.17. The van der Waals surface area contributed by atoms with E-state index >= 15 is 0 Å². The van der Waals surface area contributed by atoms with Gasteiger partial charge < -0.3 is 5.43 Å². The first-order chi connectivity index (χ1) is 4.93. The van der Waals surface area contributed by atoms with E-state index in [1.807, 2.05) is 12.3 Å². The molecule has 1 aliphatic rings. The summed E-state index contributed by atoms with van der Waals surface area (Å²) in [5.74, 6) is 0.867. The maximum Gasteiger partial charge on any atom is 0.139 e. The van der Waals surface area contributed by atoms with E-state index in [0.29, 0.717) is 0 Å². The SMILES string of the molecule is C=CNNC1=CCCC=N1. The van der Waals surface area contributed by atoms with Gasteiger partial charge in [-0.1, -0.05) is 6.58 Å².